The van der Waals surface area contributed by atoms with E-state index in [0.717, 1.165) is 16.7 Å². The average Bonchev–Trinajstić information content (AvgIpc) is 2.73. The number of ether oxygens (including phenoxy) is 2. The molecule has 0 saturated heterocycles. The SMILES string of the molecule is CC(Cc1ccc(OCc2ccccc2)c(OCc2ccccc2)c1)[N+](=O)[O-]. The Kier molecular flexibility index (Phi) is 6.63. The number of rotatable bonds is 9. The van der Waals surface area contributed by atoms with E-state index in [1.165, 1.54) is 0 Å². The van der Waals surface area contributed by atoms with Crippen LogP contribution in [0.25, 0.3) is 0 Å². The maximum Gasteiger partial charge on any atom is 0.214 e. The topological polar surface area (TPSA) is 61.6 Å². The van der Waals surface area contributed by atoms with Gasteiger partial charge in [0.2, 0.25) is 6.04 Å². The van der Waals surface area contributed by atoms with E-state index < -0.39 is 6.04 Å². The zero-order chi connectivity index (χ0) is 19.8. The first kappa shape index (κ1) is 19.4. The van der Waals surface area contributed by atoms with Crippen molar-refractivity contribution in [2.24, 2.45) is 0 Å². The normalized spacial score (nSPS) is 11.6. The van der Waals surface area contributed by atoms with Gasteiger partial charge in [-0.15, -0.1) is 0 Å². The van der Waals surface area contributed by atoms with Crippen LogP contribution in [0.5, 0.6) is 11.5 Å². The summed E-state index contributed by atoms with van der Waals surface area (Å²) in [7, 11) is 0. The predicted octanol–water partition coefficient (Wildman–Crippen LogP) is 5.05. The molecule has 0 amide bonds. The van der Waals surface area contributed by atoms with Gasteiger partial charge in [-0.25, -0.2) is 0 Å². The highest BCUT2D eigenvalue weighted by Crippen LogP contribution is 2.30. The molecule has 3 rings (SSSR count). The van der Waals surface area contributed by atoms with Crippen molar-refractivity contribution in [3.05, 3.63) is 106 Å². The number of benzene rings is 3. The molecule has 0 heterocycles. The molecule has 5 heteroatoms. The van der Waals surface area contributed by atoms with E-state index in [2.05, 4.69) is 0 Å². The van der Waals surface area contributed by atoms with Crippen molar-refractivity contribution in [3.63, 3.8) is 0 Å². The molecule has 0 aliphatic carbocycles. The van der Waals surface area contributed by atoms with Gasteiger partial charge in [-0.2, -0.15) is 0 Å². The molecular weight excluding hydrogens is 354 g/mol. The van der Waals surface area contributed by atoms with Gasteiger partial charge in [0.15, 0.2) is 11.5 Å². The van der Waals surface area contributed by atoms with E-state index in [1.807, 2.05) is 78.9 Å². The molecule has 0 fully saturated rings. The van der Waals surface area contributed by atoms with Gasteiger partial charge in [-0.1, -0.05) is 66.7 Å². The summed E-state index contributed by atoms with van der Waals surface area (Å²) in [5.41, 5.74) is 2.95. The van der Waals surface area contributed by atoms with Gasteiger partial charge < -0.3 is 9.47 Å². The lowest BCUT2D eigenvalue weighted by molar-refractivity contribution is -0.517. The molecular formula is C23H23NO4. The van der Waals surface area contributed by atoms with E-state index in [0.29, 0.717) is 31.1 Å². The third-order valence-electron chi connectivity index (χ3n) is 4.37. The van der Waals surface area contributed by atoms with Crippen LogP contribution in [-0.4, -0.2) is 11.0 Å². The van der Waals surface area contributed by atoms with Crippen LogP contribution in [0.3, 0.4) is 0 Å². The summed E-state index contributed by atoms with van der Waals surface area (Å²) in [6, 6.07) is 24.6. The first-order valence-corrected chi connectivity index (χ1v) is 9.21. The molecule has 5 nitrogen and oxygen atoms in total. The highest BCUT2D eigenvalue weighted by Gasteiger charge is 2.16. The van der Waals surface area contributed by atoms with Crippen molar-refractivity contribution in [2.75, 3.05) is 0 Å². The fourth-order valence-electron chi connectivity index (χ4n) is 2.80. The molecule has 0 aliphatic heterocycles. The monoisotopic (exact) mass is 377 g/mol. The largest absolute Gasteiger partial charge is 0.485 e. The number of hydrogen-bond donors (Lipinski definition) is 0. The smallest absolute Gasteiger partial charge is 0.214 e. The molecule has 1 unspecified atom stereocenters. The van der Waals surface area contributed by atoms with Crippen molar-refractivity contribution in [1.29, 1.82) is 0 Å². The van der Waals surface area contributed by atoms with Crippen LogP contribution in [0.15, 0.2) is 78.9 Å². The molecule has 0 radical (unpaired) electrons. The molecule has 0 bridgehead atoms. The Morgan fingerprint density at radius 1 is 0.786 bits per heavy atom. The Morgan fingerprint density at radius 3 is 1.86 bits per heavy atom. The molecule has 28 heavy (non-hydrogen) atoms. The lowest BCUT2D eigenvalue weighted by atomic mass is 10.1. The first-order valence-electron chi connectivity index (χ1n) is 9.21. The van der Waals surface area contributed by atoms with Gasteiger partial charge >= 0.3 is 0 Å². The van der Waals surface area contributed by atoms with E-state index in [4.69, 9.17) is 9.47 Å². The van der Waals surface area contributed by atoms with Crippen molar-refractivity contribution >= 4 is 0 Å². The van der Waals surface area contributed by atoms with Crippen LogP contribution in [0.4, 0.5) is 0 Å². The summed E-state index contributed by atoms with van der Waals surface area (Å²) >= 11 is 0. The zero-order valence-electron chi connectivity index (χ0n) is 15.8. The van der Waals surface area contributed by atoms with Gasteiger partial charge in [0.05, 0.1) is 0 Å². The van der Waals surface area contributed by atoms with Crippen molar-refractivity contribution in [2.45, 2.75) is 32.6 Å². The van der Waals surface area contributed by atoms with Gasteiger partial charge in [0, 0.05) is 18.3 Å². The summed E-state index contributed by atoms with van der Waals surface area (Å²) in [4.78, 5) is 10.7. The second-order valence-electron chi connectivity index (χ2n) is 6.67. The average molecular weight is 377 g/mol. The van der Waals surface area contributed by atoms with Crippen LogP contribution in [-0.2, 0) is 19.6 Å². The summed E-state index contributed by atoms with van der Waals surface area (Å²) in [6.45, 7) is 2.42. The maximum absolute atomic E-state index is 11.0. The maximum atomic E-state index is 11.0. The first-order chi connectivity index (χ1) is 13.6. The van der Waals surface area contributed by atoms with Gasteiger partial charge in [0.25, 0.3) is 0 Å². The van der Waals surface area contributed by atoms with E-state index in [1.54, 1.807) is 6.92 Å². The van der Waals surface area contributed by atoms with Crippen molar-refractivity contribution < 1.29 is 14.4 Å². The Balaban J connectivity index is 1.76. The lowest BCUT2D eigenvalue weighted by Crippen LogP contribution is -2.17. The summed E-state index contributed by atoms with van der Waals surface area (Å²) in [5, 5.41) is 11.0. The molecule has 1 atom stereocenters. The van der Waals surface area contributed by atoms with Crippen molar-refractivity contribution in [1.82, 2.24) is 0 Å². The second kappa shape index (κ2) is 9.55. The third-order valence-corrected chi connectivity index (χ3v) is 4.37. The molecule has 3 aromatic carbocycles. The Hall–Kier alpha value is -3.34. The van der Waals surface area contributed by atoms with E-state index in [-0.39, 0.29) is 4.92 Å². The van der Waals surface area contributed by atoms with Crippen LogP contribution in [0.1, 0.15) is 23.6 Å². The fraction of sp³-hybridized carbons (Fsp3) is 0.217. The highest BCUT2D eigenvalue weighted by molar-refractivity contribution is 5.43. The van der Waals surface area contributed by atoms with Crippen LogP contribution in [0, 0.1) is 10.1 Å². The zero-order valence-corrected chi connectivity index (χ0v) is 15.8. The predicted molar refractivity (Wildman–Crippen MR) is 108 cm³/mol. The number of nitrogens with zero attached hydrogens (tertiary/aromatic N) is 1. The second-order valence-corrected chi connectivity index (χ2v) is 6.67. The van der Waals surface area contributed by atoms with Gasteiger partial charge in [-0.05, 0) is 28.8 Å². The van der Waals surface area contributed by atoms with Crippen molar-refractivity contribution in [3.8, 4) is 11.5 Å². The molecule has 0 spiro atoms. The minimum atomic E-state index is -0.655. The molecule has 3 aromatic rings. The minimum Gasteiger partial charge on any atom is -0.485 e. The third kappa shape index (κ3) is 5.58. The molecule has 0 aliphatic rings. The fourth-order valence-corrected chi connectivity index (χ4v) is 2.80. The Bertz CT molecular complexity index is 897. The summed E-state index contributed by atoms with van der Waals surface area (Å²) < 4.78 is 12.0. The number of hydrogen-bond acceptors (Lipinski definition) is 4. The lowest BCUT2D eigenvalue weighted by Gasteiger charge is -2.15. The van der Waals surface area contributed by atoms with E-state index >= 15 is 0 Å². The van der Waals surface area contributed by atoms with Crippen LogP contribution >= 0.6 is 0 Å². The standard InChI is InChI=1S/C23H23NO4/c1-18(24(25)26)14-21-12-13-22(27-16-19-8-4-2-5-9-19)23(15-21)28-17-20-10-6-3-7-11-20/h2-13,15,18H,14,16-17H2,1H3. The quantitative estimate of drug-likeness (QED) is 0.387. The molecule has 0 aromatic heterocycles. The number of nitro groups is 1. The molecule has 144 valence electrons. The van der Waals surface area contributed by atoms with Crippen LogP contribution < -0.4 is 9.47 Å². The highest BCUT2D eigenvalue weighted by atomic mass is 16.6. The van der Waals surface area contributed by atoms with Crippen LogP contribution in [0.2, 0.25) is 0 Å². The minimum absolute atomic E-state index is 0.273. The van der Waals surface area contributed by atoms with Gasteiger partial charge in [0.1, 0.15) is 13.2 Å². The summed E-state index contributed by atoms with van der Waals surface area (Å²) in [6.07, 6.45) is 0.341. The molecule has 0 N–H and O–H groups in total. The Morgan fingerprint density at radius 2 is 1.32 bits per heavy atom. The van der Waals surface area contributed by atoms with E-state index in [9.17, 15) is 10.1 Å². The Labute approximate surface area is 164 Å². The summed E-state index contributed by atoms with van der Waals surface area (Å²) in [5.74, 6) is 1.21. The van der Waals surface area contributed by atoms with Gasteiger partial charge in [-0.3, -0.25) is 10.1 Å². The molecule has 0 saturated carbocycles.